The average molecular weight is 385 g/mol. The minimum Gasteiger partial charge on any atom is -0.135 e. The summed E-state index contributed by atoms with van der Waals surface area (Å²) >= 11 is 1.80. The van der Waals surface area contributed by atoms with Gasteiger partial charge in [-0.05, 0) is 48.5 Å². The lowest BCUT2D eigenvalue weighted by Gasteiger charge is -1.94. The van der Waals surface area contributed by atoms with Crippen molar-refractivity contribution in [1.82, 2.24) is 0 Å². The maximum atomic E-state index is 3.28. The van der Waals surface area contributed by atoms with Crippen LogP contribution in [0.2, 0.25) is 0 Å². The molecule has 0 saturated carbocycles. The predicted molar refractivity (Wildman–Crippen MR) is 124 cm³/mol. The van der Waals surface area contributed by atoms with Gasteiger partial charge in [-0.3, -0.25) is 0 Å². The number of thiophene rings is 1. The third kappa shape index (κ3) is 3.78. The molecule has 5 rings (SSSR count). The SMILES string of the molecule is C(#Cc1ccc2c(c1)sc1cc(C#Cc3ccccc3)ccc12)c1ccccc1. The summed E-state index contributed by atoms with van der Waals surface area (Å²) in [6.07, 6.45) is 0. The Labute approximate surface area is 174 Å². The standard InChI is InChI=1S/C28H16S/c1-3-7-21(8-4-1)11-13-23-15-17-25-26-18-16-24(20-28(26)29-27(25)19-23)14-12-22-9-5-2-6-10-22/h1-10,15-20H. The Morgan fingerprint density at radius 3 is 1.28 bits per heavy atom. The van der Waals surface area contributed by atoms with Gasteiger partial charge in [-0.25, -0.2) is 0 Å². The van der Waals surface area contributed by atoms with Gasteiger partial charge in [0, 0.05) is 42.4 Å². The summed E-state index contributed by atoms with van der Waals surface area (Å²) in [5, 5.41) is 2.55. The Bertz CT molecular complexity index is 1320. The summed E-state index contributed by atoms with van der Waals surface area (Å²) in [4.78, 5) is 0. The smallest absolute Gasteiger partial charge is 0.0367 e. The van der Waals surface area contributed by atoms with Crippen LogP contribution in [0.4, 0.5) is 0 Å². The zero-order chi connectivity index (χ0) is 19.5. The van der Waals surface area contributed by atoms with E-state index < -0.39 is 0 Å². The summed E-state index contributed by atoms with van der Waals surface area (Å²) in [6.45, 7) is 0. The molecular formula is C28H16S. The third-order valence-corrected chi connectivity index (χ3v) is 5.84. The number of hydrogen-bond donors (Lipinski definition) is 0. The lowest BCUT2D eigenvalue weighted by molar-refractivity contribution is 1.64. The van der Waals surface area contributed by atoms with Crippen LogP contribution < -0.4 is 0 Å². The molecule has 0 aliphatic rings. The van der Waals surface area contributed by atoms with E-state index in [1.807, 2.05) is 60.7 Å². The van der Waals surface area contributed by atoms with E-state index >= 15 is 0 Å². The van der Waals surface area contributed by atoms with E-state index in [1.54, 1.807) is 11.3 Å². The van der Waals surface area contributed by atoms with E-state index in [0.717, 1.165) is 22.3 Å². The van der Waals surface area contributed by atoms with Gasteiger partial charge in [0.05, 0.1) is 0 Å². The van der Waals surface area contributed by atoms with Gasteiger partial charge < -0.3 is 0 Å². The van der Waals surface area contributed by atoms with E-state index in [0.29, 0.717) is 0 Å². The number of rotatable bonds is 0. The van der Waals surface area contributed by atoms with Crippen LogP contribution in [0, 0.1) is 23.7 Å². The third-order valence-electron chi connectivity index (χ3n) is 4.72. The molecule has 0 atom stereocenters. The number of benzene rings is 4. The van der Waals surface area contributed by atoms with Crippen LogP contribution in [0.15, 0.2) is 97.1 Å². The number of fused-ring (bicyclic) bond motifs is 3. The van der Waals surface area contributed by atoms with Crippen molar-refractivity contribution in [3.05, 3.63) is 119 Å². The molecule has 0 saturated heterocycles. The van der Waals surface area contributed by atoms with Crippen LogP contribution >= 0.6 is 11.3 Å². The normalized spacial score (nSPS) is 10.2. The molecule has 0 bridgehead atoms. The van der Waals surface area contributed by atoms with Gasteiger partial charge >= 0.3 is 0 Å². The second-order valence-corrected chi connectivity index (χ2v) is 7.84. The fourth-order valence-corrected chi connectivity index (χ4v) is 4.45. The molecule has 0 aliphatic heterocycles. The van der Waals surface area contributed by atoms with Crippen molar-refractivity contribution in [2.75, 3.05) is 0 Å². The topological polar surface area (TPSA) is 0 Å². The molecule has 0 nitrogen and oxygen atoms in total. The van der Waals surface area contributed by atoms with Crippen molar-refractivity contribution in [3.8, 4) is 23.7 Å². The van der Waals surface area contributed by atoms with Crippen LogP contribution in [0.3, 0.4) is 0 Å². The van der Waals surface area contributed by atoms with Crippen LogP contribution in [0.5, 0.6) is 0 Å². The highest BCUT2D eigenvalue weighted by Crippen LogP contribution is 2.34. The molecule has 1 heteroatoms. The van der Waals surface area contributed by atoms with Crippen molar-refractivity contribution in [3.63, 3.8) is 0 Å². The highest BCUT2D eigenvalue weighted by atomic mass is 32.1. The van der Waals surface area contributed by atoms with Crippen LogP contribution in [0.1, 0.15) is 22.3 Å². The summed E-state index contributed by atoms with van der Waals surface area (Å²) < 4.78 is 2.51. The number of hydrogen-bond acceptors (Lipinski definition) is 1. The molecule has 134 valence electrons. The fraction of sp³-hybridized carbons (Fsp3) is 0. The average Bonchev–Trinajstić information content (AvgIpc) is 3.14. The minimum absolute atomic E-state index is 1.03. The lowest BCUT2D eigenvalue weighted by Crippen LogP contribution is -1.76. The van der Waals surface area contributed by atoms with E-state index in [1.165, 1.54) is 20.2 Å². The molecule has 0 aliphatic carbocycles. The molecule has 1 heterocycles. The van der Waals surface area contributed by atoms with Crippen LogP contribution in [-0.4, -0.2) is 0 Å². The Hall–Kier alpha value is -3.78. The zero-order valence-corrected chi connectivity index (χ0v) is 16.5. The first-order valence-corrected chi connectivity index (χ1v) is 10.3. The highest BCUT2D eigenvalue weighted by Gasteiger charge is 2.06. The molecule has 0 amide bonds. The minimum atomic E-state index is 1.03. The summed E-state index contributed by atoms with van der Waals surface area (Å²) in [6, 6.07) is 33.1. The van der Waals surface area contributed by atoms with Crippen LogP contribution in [0.25, 0.3) is 20.2 Å². The van der Waals surface area contributed by atoms with Gasteiger partial charge in [0.2, 0.25) is 0 Å². The Kier molecular flexibility index (Phi) is 4.59. The van der Waals surface area contributed by atoms with Gasteiger partial charge in [0.15, 0.2) is 0 Å². The van der Waals surface area contributed by atoms with Crippen LogP contribution in [-0.2, 0) is 0 Å². The quantitative estimate of drug-likeness (QED) is 0.256. The van der Waals surface area contributed by atoms with E-state index in [9.17, 15) is 0 Å². The lowest BCUT2D eigenvalue weighted by atomic mass is 10.1. The first-order valence-electron chi connectivity index (χ1n) is 9.46. The van der Waals surface area contributed by atoms with Crippen molar-refractivity contribution in [2.45, 2.75) is 0 Å². The molecule has 0 fully saturated rings. The highest BCUT2D eigenvalue weighted by molar-refractivity contribution is 7.25. The van der Waals surface area contributed by atoms with Gasteiger partial charge in [-0.1, -0.05) is 72.2 Å². The Morgan fingerprint density at radius 2 is 0.828 bits per heavy atom. The molecule has 5 aromatic rings. The molecule has 0 radical (unpaired) electrons. The van der Waals surface area contributed by atoms with Crippen molar-refractivity contribution < 1.29 is 0 Å². The summed E-state index contributed by atoms with van der Waals surface area (Å²) in [5.41, 5.74) is 4.14. The second-order valence-electron chi connectivity index (χ2n) is 6.76. The van der Waals surface area contributed by atoms with Crippen molar-refractivity contribution in [1.29, 1.82) is 0 Å². The van der Waals surface area contributed by atoms with Gasteiger partial charge in [-0.2, -0.15) is 0 Å². The maximum Gasteiger partial charge on any atom is 0.0367 e. The monoisotopic (exact) mass is 384 g/mol. The largest absolute Gasteiger partial charge is 0.135 e. The predicted octanol–water partition coefficient (Wildman–Crippen LogP) is 6.85. The Morgan fingerprint density at radius 1 is 0.414 bits per heavy atom. The van der Waals surface area contributed by atoms with E-state index in [-0.39, 0.29) is 0 Å². The molecule has 29 heavy (non-hydrogen) atoms. The fourth-order valence-electron chi connectivity index (χ4n) is 3.26. The summed E-state index contributed by atoms with van der Waals surface area (Å²) in [5.74, 6) is 13.0. The second kappa shape index (κ2) is 7.69. The summed E-state index contributed by atoms with van der Waals surface area (Å²) in [7, 11) is 0. The molecule has 4 aromatic carbocycles. The van der Waals surface area contributed by atoms with E-state index in [4.69, 9.17) is 0 Å². The first kappa shape index (κ1) is 17.3. The van der Waals surface area contributed by atoms with Crippen molar-refractivity contribution in [2.24, 2.45) is 0 Å². The van der Waals surface area contributed by atoms with E-state index in [2.05, 4.69) is 60.1 Å². The molecule has 0 N–H and O–H groups in total. The van der Waals surface area contributed by atoms with Gasteiger partial charge in [-0.15, -0.1) is 11.3 Å². The molecule has 0 spiro atoms. The first-order chi connectivity index (χ1) is 14.3. The molecule has 1 aromatic heterocycles. The van der Waals surface area contributed by atoms with Crippen molar-refractivity contribution >= 4 is 31.5 Å². The molecular weight excluding hydrogens is 368 g/mol. The maximum absolute atomic E-state index is 3.28. The Balaban J connectivity index is 1.50. The molecule has 0 unspecified atom stereocenters. The van der Waals surface area contributed by atoms with Gasteiger partial charge in [0.25, 0.3) is 0 Å². The zero-order valence-electron chi connectivity index (χ0n) is 15.6. The van der Waals surface area contributed by atoms with Gasteiger partial charge in [0.1, 0.15) is 0 Å².